The number of aromatic hydroxyl groups is 1. The Balaban J connectivity index is 2.54. The van der Waals surface area contributed by atoms with Gasteiger partial charge in [0.1, 0.15) is 17.2 Å². The summed E-state index contributed by atoms with van der Waals surface area (Å²) in [5.41, 5.74) is 0.740. The van der Waals surface area contributed by atoms with Gasteiger partial charge < -0.3 is 9.84 Å². The first-order valence-electron chi connectivity index (χ1n) is 6.50. The lowest BCUT2D eigenvalue weighted by Crippen LogP contribution is -1.98. The smallest absolute Gasteiger partial charge is 0.354 e. The molecule has 0 aliphatic heterocycles. The van der Waals surface area contributed by atoms with Crippen molar-refractivity contribution in [3.05, 3.63) is 39.6 Å². The van der Waals surface area contributed by atoms with E-state index in [0.29, 0.717) is 17.0 Å². The topological polar surface area (TPSA) is 90.4 Å². The Kier molecular flexibility index (Phi) is 3.84. The summed E-state index contributed by atoms with van der Waals surface area (Å²) in [5, 5.41) is 25.2. The second kappa shape index (κ2) is 5.43. The van der Waals surface area contributed by atoms with E-state index in [1.807, 2.05) is 13.8 Å². The van der Waals surface area contributed by atoms with Crippen molar-refractivity contribution in [2.45, 2.75) is 26.7 Å². The normalized spacial score (nSPS) is 10.9. The van der Waals surface area contributed by atoms with E-state index in [9.17, 15) is 15.2 Å². The van der Waals surface area contributed by atoms with Gasteiger partial charge in [-0.05, 0) is 19.1 Å². The number of aromatic nitrogens is 2. The molecule has 0 spiro atoms. The van der Waals surface area contributed by atoms with Crippen LogP contribution >= 0.6 is 0 Å². The molecule has 2 aromatic rings. The molecule has 7 heteroatoms. The Hall–Kier alpha value is -2.57. The largest absolute Gasteiger partial charge is 0.508 e. The van der Waals surface area contributed by atoms with E-state index < -0.39 is 4.92 Å². The minimum atomic E-state index is -0.490. The van der Waals surface area contributed by atoms with Gasteiger partial charge in [-0.25, -0.2) is 4.68 Å². The van der Waals surface area contributed by atoms with Gasteiger partial charge in [0.15, 0.2) is 0 Å². The lowest BCUT2D eigenvalue weighted by Gasteiger charge is -2.09. The summed E-state index contributed by atoms with van der Waals surface area (Å²) >= 11 is 0. The summed E-state index contributed by atoms with van der Waals surface area (Å²) in [7, 11) is 1.59. The highest BCUT2D eigenvalue weighted by Crippen LogP contribution is 2.39. The number of benzene rings is 1. The van der Waals surface area contributed by atoms with E-state index >= 15 is 0 Å². The lowest BCUT2D eigenvalue weighted by molar-refractivity contribution is -0.386. The van der Waals surface area contributed by atoms with Gasteiger partial charge in [-0.2, -0.15) is 5.10 Å². The van der Waals surface area contributed by atoms with Crippen LogP contribution in [0.25, 0.3) is 0 Å². The van der Waals surface area contributed by atoms with Crippen LogP contribution in [0.5, 0.6) is 17.4 Å². The molecule has 0 saturated carbocycles. The quantitative estimate of drug-likeness (QED) is 0.689. The van der Waals surface area contributed by atoms with Crippen LogP contribution in [0.2, 0.25) is 0 Å². The molecule has 1 N–H and O–H groups in total. The van der Waals surface area contributed by atoms with Crippen LogP contribution in [0.4, 0.5) is 5.69 Å². The van der Waals surface area contributed by atoms with Crippen molar-refractivity contribution in [2.24, 2.45) is 7.05 Å². The number of rotatable bonds is 4. The zero-order chi connectivity index (χ0) is 15.7. The molecule has 21 heavy (non-hydrogen) atoms. The molecule has 112 valence electrons. The monoisotopic (exact) mass is 291 g/mol. The van der Waals surface area contributed by atoms with Crippen LogP contribution in [-0.2, 0) is 7.05 Å². The van der Waals surface area contributed by atoms with Crippen molar-refractivity contribution < 1.29 is 14.8 Å². The van der Waals surface area contributed by atoms with Gasteiger partial charge >= 0.3 is 5.69 Å². The minimum absolute atomic E-state index is 0.0531. The van der Waals surface area contributed by atoms with Crippen molar-refractivity contribution in [3.63, 3.8) is 0 Å². The van der Waals surface area contributed by atoms with E-state index in [1.165, 1.54) is 10.7 Å². The Bertz CT molecular complexity index is 692. The van der Waals surface area contributed by atoms with Crippen molar-refractivity contribution >= 4 is 5.69 Å². The van der Waals surface area contributed by atoms with Gasteiger partial charge in [0.2, 0.25) is 0 Å². The number of aryl methyl sites for hydroxylation is 1. The number of hydrogen-bond donors (Lipinski definition) is 1. The molecule has 0 unspecified atom stereocenters. The van der Waals surface area contributed by atoms with Crippen molar-refractivity contribution in [1.29, 1.82) is 0 Å². The Morgan fingerprint density at radius 2 is 2.10 bits per heavy atom. The number of nitrogens with zero attached hydrogens (tertiary/aromatic N) is 3. The first kappa shape index (κ1) is 14.8. The highest BCUT2D eigenvalue weighted by molar-refractivity contribution is 5.51. The van der Waals surface area contributed by atoms with Gasteiger partial charge in [0, 0.05) is 18.5 Å². The van der Waals surface area contributed by atoms with E-state index in [0.717, 1.165) is 0 Å². The van der Waals surface area contributed by atoms with Crippen LogP contribution < -0.4 is 4.74 Å². The molecule has 0 radical (unpaired) electrons. The summed E-state index contributed by atoms with van der Waals surface area (Å²) in [5.74, 6) is 0.384. The maximum absolute atomic E-state index is 11.3. The van der Waals surface area contributed by atoms with Crippen LogP contribution in [-0.4, -0.2) is 19.8 Å². The summed E-state index contributed by atoms with van der Waals surface area (Å²) in [6.07, 6.45) is 0. The summed E-state index contributed by atoms with van der Waals surface area (Å²) in [6.45, 7) is 5.34. The van der Waals surface area contributed by atoms with Crippen molar-refractivity contribution in [2.75, 3.05) is 0 Å². The molecule has 0 aliphatic carbocycles. The molecule has 7 nitrogen and oxygen atoms in total. The average Bonchev–Trinajstić information content (AvgIpc) is 2.73. The third-order valence-electron chi connectivity index (χ3n) is 3.19. The summed E-state index contributed by atoms with van der Waals surface area (Å²) in [4.78, 5) is 10.8. The van der Waals surface area contributed by atoms with Gasteiger partial charge in [0.05, 0.1) is 4.92 Å². The number of phenols is 1. The SMILES string of the molecule is Cc1c(O)cccc1Oc1c([N+](=O)[O-])c(C(C)C)nn1C. The Morgan fingerprint density at radius 1 is 1.43 bits per heavy atom. The van der Waals surface area contributed by atoms with Crippen LogP contribution in [0.1, 0.15) is 31.0 Å². The Labute approximate surface area is 121 Å². The average molecular weight is 291 g/mol. The predicted octanol–water partition coefficient (Wildman–Crippen LogP) is 3.26. The van der Waals surface area contributed by atoms with Gasteiger partial charge in [-0.1, -0.05) is 19.9 Å². The van der Waals surface area contributed by atoms with E-state index in [1.54, 1.807) is 26.1 Å². The zero-order valence-corrected chi connectivity index (χ0v) is 12.3. The summed E-state index contributed by atoms with van der Waals surface area (Å²) < 4.78 is 6.99. The van der Waals surface area contributed by atoms with E-state index in [-0.39, 0.29) is 23.2 Å². The van der Waals surface area contributed by atoms with Crippen molar-refractivity contribution in [3.8, 4) is 17.4 Å². The van der Waals surface area contributed by atoms with Crippen LogP contribution in [0.3, 0.4) is 0 Å². The first-order valence-corrected chi connectivity index (χ1v) is 6.50. The van der Waals surface area contributed by atoms with E-state index in [2.05, 4.69) is 5.10 Å². The molecule has 2 rings (SSSR count). The number of phenolic OH excluding ortho intramolecular Hbond substituents is 1. The number of hydrogen-bond acceptors (Lipinski definition) is 5. The molecule has 1 aromatic carbocycles. The predicted molar refractivity (Wildman–Crippen MR) is 76.9 cm³/mol. The number of nitro groups is 1. The minimum Gasteiger partial charge on any atom is -0.508 e. The number of ether oxygens (including phenoxy) is 1. The van der Waals surface area contributed by atoms with Gasteiger partial charge in [-0.3, -0.25) is 10.1 Å². The van der Waals surface area contributed by atoms with Crippen LogP contribution in [0.15, 0.2) is 18.2 Å². The zero-order valence-electron chi connectivity index (χ0n) is 12.3. The molecule has 0 amide bonds. The third-order valence-corrected chi connectivity index (χ3v) is 3.19. The van der Waals surface area contributed by atoms with Crippen molar-refractivity contribution in [1.82, 2.24) is 9.78 Å². The molecule has 0 atom stereocenters. The second-order valence-corrected chi connectivity index (χ2v) is 5.08. The lowest BCUT2D eigenvalue weighted by atomic mass is 10.1. The molecular formula is C14H17N3O4. The molecule has 0 bridgehead atoms. The fourth-order valence-corrected chi connectivity index (χ4v) is 2.01. The molecule has 0 saturated heterocycles. The molecular weight excluding hydrogens is 274 g/mol. The summed E-state index contributed by atoms with van der Waals surface area (Å²) in [6, 6.07) is 4.78. The highest BCUT2D eigenvalue weighted by atomic mass is 16.6. The molecule has 0 fully saturated rings. The van der Waals surface area contributed by atoms with E-state index in [4.69, 9.17) is 4.74 Å². The molecule has 1 heterocycles. The van der Waals surface area contributed by atoms with Gasteiger partial charge in [0.25, 0.3) is 5.88 Å². The third kappa shape index (κ3) is 2.67. The molecule has 1 aromatic heterocycles. The fourth-order valence-electron chi connectivity index (χ4n) is 2.01. The maximum Gasteiger partial charge on any atom is 0.354 e. The maximum atomic E-state index is 11.3. The highest BCUT2D eigenvalue weighted by Gasteiger charge is 2.30. The molecule has 0 aliphatic rings. The first-order chi connectivity index (χ1) is 9.82. The standard InChI is InChI=1S/C14H17N3O4/c1-8(2)12-13(17(19)20)14(16(4)15-12)21-11-7-5-6-10(18)9(11)3/h5-8,18H,1-4H3. The fraction of sp³-hybridized carbons (Fsp3) is 0.357. The second-order valence-electron chi connectivity index (χ2n) is 5.08. The van der Waals surface area contributed by atoms with Crippen LogP contribution in [0, 0.1) is 17.0 Å². The van der Waals surface area contributed by atoms with Gasteiger partial charge in [-0.15, -0.1) is 0 Å². The Morgan fingerprint density at radius 3 is 2.67 bits per heavy atom.